The third-order valence-corrected chi connectivity index (χ3v) is 4.35. The molecule has 1 aliphatic rings. The number of piperazine rings is 1. The molecule has 6 heteroatoms. The zero-order valence-electron chi connectivity index (χ0n) is 10.7. The number of rotatable bonds is 3. The van der Waals surface area contributed by atoms with E-state index in [1.54, 1.807) is 18.2 Å². The molecule has 0 spiro atoms. The lowest BCUT2D eigenvalue weighted by Gasteiger charge is -2.31. The summed E-state index contributed by atoms with van der Waals surface area (Å²) in [5, 5.41) is 3.87. The minimum Gasteiger partial charge on any atom is -0.483 e. The molecule has 19 heavy (non-hydrogen) atoms. The zero-order valence-corrected chi connectivity index (χ0v) is 13.0. The lowest BCUT2D eigenvalue weighted by Crippen LogP contribution is -2.52. The molecule has 1 N–H and O–H groups in total. The van der Waals surface area contributed by atoms with E-state index in [-0.39, 0.29) is 12.5 Å². The predicted molar refractivity (Wildman–Crippen MR) is 78.7 cm³/mol. The van der Waals surface area contributed by atoms with Crippen LogP contribution in [-0.4, -0.2) is 43.1 Å². The van der Waals surface area contributed by atoms with Gasteiger partial charge in [0.15, 0.2) is 6.61 Å². The minimum atomic E-state index is 0.000209. The average Bonchev–Trinajstić information content (AvgIpc) is 2.40. The van der Waals surface area contributed by atoms with Crippen LogP contribution in [0.15, 0.2) is 22.7 Å². The van der Waals surface area contributed by atoms with E-state index in [2.05, 4.69) is 28.2 Å². The molecular weight excluding hydrogens is 332 g/mol. The summed E-state index contributed by atoms with van der Waals surface area (Å²) >= 11 is 9.31. The van der Waals surface area contributed by atoms with E-state index in [9.17, 15) is 4.79 Å². The molecule has 1 aromatic carbocycles. The molecule has 104 valence electrons. The maximum absolute atomic E-state index is 12.0. The van der Waals surface area contributed by atoms with Gasteiger partial charge in [-0.05, 0) is 35.0 Å². The second-order valence-corrected chi connectivity index (χ2v) is 5.74. The minimum absolute atomic E-state index is 0.000209. The first-order valence-corrected chi connectivity index (χ1v) is 7.33. The largest absolute Gasteiger partial charge is 0.483 e. The molecule has 0 saturated carbocycles. The first-order chi connectivity index (χ1) is 9.08. The van der Waals surface area contributed by atoms with Crippen LogP contribution in [0.2, 0.25) is 5.02 Å². The van der Waals surface area contributed by atoms with Crippen LogP contribution in [0.4, 0.5) is 0 Å². The Hall–Kier alpha value is -0.780. The van der Waals surface area contributed by atoms with Crippen LogP contribution in [0.5, 0.6) is 5.75 Å². The smallest absolute Gasteiger partial charge is 0.260 e. The predicted octanol–water partition coefficient (Wildman–Crippen LogP) is 2.30. The summed E-state index contributed by atoms with van der Waals surface area (Å²) in [5.41, 5.74) is 0. The van der Waals surface area contributed by atoms with Crippen LogP contribution in [0.3, 0.4) is 0 Å². The molecule has 1 aliphatic heterocycles. The van der Waals surface area contributed by atoms with Crippen LogP contribution in [0.1, 0.15) is 6.92 Å². The second kappa shape index (κ2) is 6.59. The van der Waals surface area contributed by atoms with Crippen molar-refractivity contribution in [2.45, 2.75) is 13.0 Å². The number of ether oxygens (including phenoxy) is 1. The van der Waals surface area contributed by atoms with Gasteiger partial charge in [-0.2, -0.15) is 0 Å². The van der Waals surface area contributed by atoms with Gasteiger partial charge in [0.25, 0.3) is 5.91 Å². The second-order valence-electron chi connectivity index (χ2n) is 4.54. The number of nitrogens with one attached hydrogen (secondary N) is 1. The van der Waals surface area contributed by atoms with Crippen molar-refractivity contribution < 1.29 is 9.53 Å². The van der Waals surface area contributed by atoms with Gasteiger partial charge >= 0.3 is 0 Å². The normalized spacial score (nSPS) is 19.3. The molecule has 2 rings (SSSR count). The molecule has 1 aromatic rings. The monoisotopic (exact) mass is 346 g/mol. The van der Waals surface area contributed by atoms with Gasteiger partial charge < -0.3 is 15.0 Å². The number of hydrogen-bond donors (Lipinski definition) is 1. The number of carbonyl (C=O) groups excluding carboxylic acids is 1. The Kier molecular flexibility index (Phi) is 5.07. The van der Waals surface area contributed by atoms with E-state index in [0.717, 1.165) is 19.6 Å². The molecule has 4 nitrogen and oxygen atoms in total. The van der Waals surface area contributed by atoms with E-state index in [4.69, 9.17) is 16.3 Å². The Bertz CT molecular complexity index is 470. The third-order valence-electron chi connectivity index (χ3n) is 2.99. The van der Waals surface area contributed by atoms with Gasteiger partial charge in [-0.3, -0.25) is 4.79 Å². The van der Waals surface area contributed by atoms with Gasteiger partial charge in [0.1, 0.15) is 5.75 Å². The van der Waals surface area contributed by atoms with Gasteiger partial charge in [-0.25, -0.2) is 0 Å². The van der Waals surface area contributed by atoms with Crippen molar-refractivity contribution in [1.82, 2.24) is 10.2 Å². The molecule has 0 aromatic heterocycles. The van der Waals surface area contributed by atoms with Crippen LogP contribution in [0, 0.1) is 0 Å². The van der Waals surface area contributed by atoms with Crippen LogP contribution >= 0.6 is 27.5 Å². The number of halogens is 2. The first kappa shape index (κ1) is 14.6. The van der Waals surface area contributed by atoms with Crippen molar-refractivity contribution >= 4 is 33.4 Å². The Balaban J connectivity index is 1.91. The van der Waals surface area contributed by atoms with Gasteiger partial charge in [0, 0.05) is 25.7 Å². The van der Waals surface area contributed by atoms with Crippen LogP contribution in [-0.2, 0) is 4.79 Å². The maximum atomic E-state index is 12.0. The van der Waals surface area contributed by atoms with E-state index in [1.165, 1.54) is 0 Å². The van der Waals surface area contributed by atoms with Gasteiger partial charge in [-0.1, -0.05) is 17.7 Å². The topological polar surface area (TPSA) is 41.6 Å². The quantitative estimate of drug-likeness (QED) is 0.912. The number of nitrogens with zero attached hydrogens (tertiary/aromatic N) is 1. The SMILES string of the molecule is C[C@@H]1CN(C(=O)COc2cccc(Cl)c2Br)CCN1. The summed E-state index contributed by atoms with van der Waals surface area (Å²) < 4.78 is 6.20. The highest BCUT2D eigenvalue weighted by Crippen LogP contribution is 2.31. The fourth-order valence-electron chi connectivity index (χ4n) is 1.99. The summed E-state index contributed by atoms with van der Waals surface area (Å²) in [4.78, 5) is 13.9. The molecular formula is C13H16BrClN2O2. The molecule has 1 fully saturated rings. The number of amides is 1. The standard InChI is InChI=1S/C13H16BrClN2O2/c1-9-7-17(6-5-16-9)12(18)8-19-11-4-2-3-10(15)13(11)14/h2-4,9,16H,5-8H2,1H3/t9-/m1/s1. The summed E-state index contributed by atoms with van der Waals surface area (Å²) in [6.07, 6.45) is 0. The molecule has 1 amide bonds. The highest BCUT2D eigenvalue weighted by atomic mass is 79.9. The number of hydrogen-bond acceptors (Lipinski definition) is 3. The van der Waals surface area contributed by atoms with Crippen molar-refractivity contribution in [2.24, 2.45) is 0 Å². The van der Waals surface area contributed by atoms with E-state index >= 15 is 0 Å². The van der Waals surface area contributed by atoms with Crippen molar-refractivity contribution in [3.8, 4) is 5.75 Å². The Morgan fingerprint density at radius 1 is 1.63 bits per heavy atom. The molecule has 1 saturated heterocycles. The number of benzene rings is 1. The van der Waals surface area contributed by atoms with Gasteiger partial charge in [0.05, 0.1) is 9.50 Å². The van der Waals surface area contributed by atoms with Gasteiger partial charge in [-0.15, -0.1) is 0 Å². The fourth-order valence-corrected chi connectivity index (χ4v) is 2.53. The van der Waals surface area contributed by atoms with E-state index in [1.807, 2.05) is 4.90 Å². The van der Waals surface area contributed by atoms with E-state index in [0.29, 0.717) is 21.3 Å². The Morgan fingerprint density at radius 3 is 3.16 bits per heavy atom. The lowest BCUT2D eigenvalue weighted by molar-refractivity contribution is -0.134. The molecule has 0 unspecified atom stereocenters. The first-order valence-electron chi connectivity index (χ1n) is 6.16. The Labute approximate surface area is 126 Å². The summed E-state index contributed by atoms with van der Waals surface area (Å²) in [6.45, 7) is 4.37. The lowest BCUT2D eigenvalue weighted by atomic mass is 10.2. The highest BCUT2D eigenvalue weighted by molar-refractivity contribution is 9.10. The molecule has 0 radical (unpaired) electrons. The van der Waals surface area contributed by atoms with Crippen molar-refractivity contribution in [1.29, 1.82) is 0 Å². The average molecular weight is 348 g/mol. The molecule has 1 heterocycles. The van der Waals surface area contributed by atoms with Gasteiger partial charge in [0.2, 0.25) is 0 Å². The zero-order chi connectivity index (χ0) is 13.8. The van der Waals surface area contributed by atoms with Crippen molar-refractivity contribution in [3.05, 3.63) is 27.7 Å². The molecule has 1 atom stereocenters. The molecule has 0 bridgehead atoms. The summed E-state index contributed by atoms with van der Waals surface area (Å²) in [6, 6.07) is 5.66. The highest BCUT2D eigenvalue weighted by Gasteiger charge is 2.20. The van der Waals surface area contributed by atoms with Crippen LogP contribution < -0.4 is 10.1 Å². The van der Waals surface area contributed by atoms with Crippen molar-refractivity contribution in [2.75, 3.05) is 26.2 Å². The van der Waals surface area contributed by atoms with Crippen LogP contribution in [0.25, 0.3) is 0 Å². The van der Waals surface area contributed by atoms with Crippen molar-refractivity contribution in [3.63, 3.8) is 0 Å². The number of carbonyl (C=O) groups is 1. The Morgan fingerprint density at radius 2 is 2.42 bits per heavy atom. The van der Waals surface area contributed by atoms with E-state index < -0.39 is 0 Å². The fraction of sp³-hybridized carbons (Fsp3) is 0.462. The molecule has 0 aliphatic carbocycles. The summed E-state index contributed by atoms with van der Waals surface area (Å²) in [5.74, 6) is 0.587. The third kappa shape index (κ3) is 3.84. The summed E-state index contributed by atoms with van der Waals surface area (Å²) in [7, 11) is 0. The maximum Gasteiger partial charge on any atom is 0.260 e.